The Balaban J connectivity index is 2.16. The van der Waals surface area contributed by atoms with Gasteiger partial charge in [-0.1, -0.05) is 36.4 Å². The second-order valence-corrected chi connectivity index (χ2v) is 3.28. The molecule has 1 rings (SSSR count). The van der Waals surface area contributed by atoms with Gasteiger partial charge < -0.3 is 5.32 Å². The Bertz CT molecular complexity index is 314. The van der Waals surface area contributed by atoms with Gasteiger partial charge in [-0.2, -0.15) is 0 Å². The average Bonchev–Trinajstić information content (AvgIpc) is 2.28. The maximum absolute atomic E-state index is 5.19. The SMILES string of the molecule is C=CCNC(=S)NOCc1ccccc1. The molecular weight excluding hydrogens is 208 g/mol. The summed E-state index contributed by atoms with van der Waals surface area (Å²) in [4.78, 5) is 5.19. The average molecular weight is 222 g/mol. The summed E-state index contributed by atoms with van der Waals surface area (Å²) >= 11 is 4.94. The minimum atomic E-state index is 0.464. The van der Waals surface area contributed by atoms with Crippen LogP contribution in [-0.2, 0) is 11.4 Å². The third-order valence-corrected chi connectivity index (χ3v) is 1.88. The molecule has 1 aromatic carbocycles. The van der Waals surface area contributed by atoms with Crippen LogP contribution in [0.1, 0.15) is 5.56 Å². The van der Waals surface area contributed by atoms with Crippen molar-refractivity contribution < 1.29 is 4.84 Å². The molecule has 0 saturated carbocycles. The van der Waals surface area contributed by atoms with Crippen LogP contribution in [-0.4, -0.2) is 11.7 Å². The molecule has 2 N–H and O–H groups in total. The first-order valence-electron chi connectivity index (χ1n) is 4.63. The maximum atomic E-state index is 5.19. The molecule has 0 bridgehead atoms. The molecule has 0 spiro atoms. The van der Waals surface area contributed by atoms with Crippen molar-refractivity contribution in [3.8, 4) is 0 Å². The van der Waals surface area contributed by atoms with Crippen LogP contribution in [0, 0.1) is 0 Å². The van der Waals surface area contributed by atoms with Gasteiger partial charge in [0.2, 0.25) is 0 Å². The summed E-state index contributed by atoms with van der Waals surface area (Å²) in [6.07, 6.45) is 1.73. The minimum absolute atomic E-state index is 0.464. The minimum Gasteiger partial charge on any atom is -0.358 e. The smallest absolute Gasteiger partial charge is 0.190 e. The summed E-state index contributed by atoms with van der Waals surface area (Å²) in [7, 11) is 0. The molecule has 0 unspecified atom stereocenters. The molecule has 0 atom stereocenters. The molecule has 0 fully saturated rings. The van der Waals surface area contributed by atoms with E-state index in [0.717, 1.165) is 5.56 Å². The third kappa shape index (κ3) is 5.15. The van der Waals surface area contributed by atoms with Crippen LogP contribution in [0.4, 0.5) is 0 Å². The van der Waals surface area contributed by atoms with Crippen molar-refractivity contribution in [1.82, 2.24) is 10.8 Å². The highest BCUT2D eigenvalue weighted by Crippen LogP contribution is 1.98. The Hall–Kier alpha value is -1.39. The van der Waals surface area contributed by atoms with Crippen LogP contribution in [0.5, 0.6) is 0 Å². The predicted molar refractivity (Wildman–Crippen MR) is 65.2 cm³/mol. The van der Waals surface area contributed by atoms with E-state index in [1.807, 2.05) is 30.3 Å². The van der Waals surface area contributed by atoms with Crippen LogP contribution in [0.25, 0.3) is 0 Å². The summed E-state index contributed by atoms with van der Waals surface area (Å²) in [6.45, 7) is 4.68. The largest absolute Gasteiger partial charge is 0.358 e. The fourth-order valence-electron chi connectivity index (χ4n) is 0.960. The lowest BCUT2D eigenvalue weighted by Crippen LogP contribution is -2.35. The van der Waals surface area contributed by atoms with Gasteiger partial charge >= 0.3 is 0 Å². The van der Waals surface area contributed by atoms with E-state index in [1.54, 1.807) is 6.08 Å². The fraction of sp³-hybridized carbons (Fsp3) is 0.182. The molecule has 0 aliphatic carbocycles. The molecule has 0 saturated heterocycles. The van der Waals surface area contributed by atoms with Crippen molar-refractivity contribution in [2.45, 2.75) is 6.61 Å². The molecule has 3 nitrogen and oxygen atoms in total. The van der Waals surface area contributed by atoms with E-state index in [2.05, 4.69) is 17.4 Å². The highest BCUT2D eigenvalue weighted by atomic mass is 32.1. The third-order valence-electron chi connectivity index (χ3n) is 1.65. The number of nitrogens with one attached hydrogen (secondary N) is 2. The van der Waals surface area contributed by atoms with Crippen molar-refractivity contribution in [3.05, 3.63) is 48.6 Å². The lowest BCUT2D eigenvalue weighted by atomic mass is 10.2. The van der Waals surface area contributed by atoms with Crippen molar-refractivity contribution in [2.24, 2.45) is 0 Å². The van der Waals surface area contributed by atoms with Crippen molar-refractivity contribution in [1.29, 1.82) is 0 Å². The van der Waals surface area contributed by atoms with Crippen LogP contribution >= 0.6 is 12.2 Å². The Morgan fingerprint density at radius 2 is 2.13 bits per heavy atom. The molecular formula is C11H14N2OS. The standard InChI is InChI=1S/C11H14N2OS/c1-2-8-12-11(15)13-14-9-10-6-4-3-5-7-10/h2-7H,1,8-9H2,(H2,12,13,15). The predicted octanol–water partition coefficient (Wildman–Crippen LogP) is 1.77. The van der Waals surface area contributed by atoms with Gasteiger partial charge in [0.1, 0.15) is 0 Å². The zero-order valence-electron chi connectivity index (χ0n) is 8.40. The van der Waals surface area contributed by atoms with Gasteiger partial charge in [0.25, 0.3) is 0 Å². The van der Waals surface area contributed by atoms with E-state index in [4.69, 9.17) is 17.1 Å². The molecule has 0 aliphatic heterocycles. The van der Waals surface area contributed by atoms with Crippen molar-refractivity contribution >= 4 is 17.3 Å². The van der Waals surface area contributed by atoms with Crippen molar-refractivity contribution in [3.63, 3.8) is 0 Å². The van der Waals surface area contributed by atoms with Crippen LogP contribution in [0.3, 0.4) is 0 Å². The summed E-state index contributed by atoms with van der Waals surface area (Å²) < 4.78 is 0. The number of rotatable bonds is 5. The number of benzene rings is 1. The van der Waals surface area contributed by atoms with Gasteiger partial charge in [-0.25, -0.2) is 5.48 Å². The van der Waals surface area contributed by atoms with E-state index < -0.39 is 0 Å². The monoisotopic (exact) mass is 222 g/mol. The van der Waals surface area contributed by atoms with Crippen molar-refractivity contribution in [2.75, 3.05) is 6.54 Å². The first-order chi connectivity index (χ1) is 7.33. The second kappa shape index (κ2) is 6.98. The van der Waals surface area contributed by atoms with Gasteiger partial charge in [-0.3, -0.25) is 4.84 Å². The summed E-state index contributed by atoms with van der Waals surface area (Å²) in [5.74, 6) is 0. The van der Waals surface area contributed by atoms with E-state index in [1.165, 1.54) is 0 Å². The molecule has 1 aromatic rings. The van der Waals surface area contributed by atoms with Gasteiger partial charge in [-0.15, -0.1) is 6.58 Å². The fourth-order valence-corrected chi connectivity index (χ4v) is 1.10. The van der Waals surface area contributed by atoms with Gasteiger partial charge in [0.05, 0.1) is 6.61 Å². The first kappa shape index (κ1) is 11.7. The molecule has 0 amide bonds. The van der Waals surface area contributed by atoms with Gasteiger partial charge in [-0.05, 0) is 17.8 Å². The Morgan fingerprint density at radius 1 is 1.40 bits per heavy atom. The molecule has 15 heavy (non-hydrogen) atoms. The molecule has 0 aliphatic rings. The van der Waals surface area contributed by atoms with E-state index in [-0.39, 0.29) is 0 Å². The Kier molecular flexibility index (Phi) is 5.43. The Morgan fingerprint density at radius 3 is 2.80 bits per heavy atom. The summed E-state index contributed by atoms with van der Waals surface area (Å²) in [6, 6.07) is 9.87. The highest BCUT2D eigenvalue weighted by molar-refractivity contribution is 7.80. The van der Waals surface area contributed by atoms with Gasteiger partial charge in [0, 0.05) is 6.54 Å². The quantitative estimate of drug-likeness (QED) is 0.452. The van der Waals surface area contributed by atoms with Crippen LogP contribution in [0.15, 0.2) is 43.0 Å². The molecule has 0 aromatic heterocycles. The first-order valence-corrected chi connectivity index (χ1v) is 5.04. The normalized spacial score (nSPS) is 9.33. The molecule has 0 radical (unpaired) electrons. The number of thiocarbonyl (C=S) groups is 1. The maximum Gasteiger partial charge on any atom is 0.190 e. The molecule has 80 valence electrons. The van der Waals surface area contributed by atoms with E-state index >= 15 is 0 Å². The number of hydrogen-bond donors (Lipinski definition) is 2. The molecule has 0 heterocycles. The van der Waals surface area contributed by atoms with E-state index in [0.29, 0.717) is 18.3 Å². The topological polar surface area (TPSA) is 33.3 Å². The Labute approximate surface area is 95.1 Å². The van der Waals surface area contributed by atoms with E-state index in [9.17, 15) is 0 Å². The lowest BCUT2D eigenvalue weighted by molar-refractivity contribution is 0.0707. The number of hydrogen-bond acceptors (Lipinski definition) is 2. The van der Waals surface area contributed by atoms with Gasteiger partial charge in [0.15, 0.2) is 5.11 Å². The lowest BCUT2D eigenvalue weighted by Gasteiger charge is -2.08. The second-order valence-electron chi connectivity index (χ2n) is 2.88. The highest BCUT2D eigenvalue weighted by Gasteiger charge is 1.94. The molecule has 4 heteroatoms. The van der Waals surface area contributed by atoms with Crippen LogP contribution in [0.2, 0.25) is 0 Å². The number of hydroxylamine groups is 1. The van der Waals surface area contributed by atoms with Crippen LogP contribution < -0.4 is 10.8 Å². The summed E-state index contributed by atoms with van der Waals surface area (Å²) in [5.41, 5.74) is 3.73. The summed E-state index contributed by atoms with van der Waals surface area (Å²) in [5, 5.41) is 3.36. The zero-order valence-corrected chi connectivity index (χ0v) is 9.22. The zero-order chi connectivity index (χ0) is 10.9.